The Morgan fingerprint density at radius 1 is 1.24 bits per heavy atom. The number of aldehydes is 1. The van der Waals surface area contributed by atoms with Crippen molar-refractivity contribution in [2.45, 2.75) is 52.5 Å². The molecule has 0 saturated carbocycles. The molecule has 1 aromatic heterocycles. The molecule has 38 heavy (non-hydrogen) atoms. The highest BCUT2D eigenvalue weighted by molar-refractivity contribution is 6.08. The lowest BCUT2D eigenvalue weighted by atomic mass is 9.96. The van der Waals surface area contributed by atoms with Gasteiger partial charge in [-0.05, 0) is 57.8 Å². The van der Waals surface area contributed by atoms with Crippen LogP contribution in [0.25, 0.3) is 10.9 Å². The zero-order valence-electron chi connectivity index (χ0n) is 23.1. The molecule has 0 aliphatic carbocycles. The molecule has 0 spiro atoms. The zero-order valence-corrected chi connectivity index (χ0v) is 23.1. The number of allylic oxidation sites excluding steroid dienone is 2. The molecule has 1 aromatic carbocycles. The van der Waals surface area contributed by atoms with Gasteiger partial charge in [0.05, 0.1) is 31.3 Å². The van der Waals surface area contributed by atoms with E-state index in [1.807, 2.05) is 43.0 Å². The van der Waals surface area contributed by atoms with Crippen molar-refractivity contribution in [2.24, 2.45) is 5.92 Å². The number of piperidine rings is 1. The Kier molecular flexibility index (Phi) is 10.1. The number of likely N-dealkylation sites (tertiary alicyclic amines) is 1. The van der Waals surface area contributed by atoms with Crippen LogP contribution >= 0.6 is 0 Å². The molecule has 1 amide bonds. The van der Waals surface area contributed by atoms with E-state index < -0.39 is 5.92 Å². The lowest BCUT2D eigenvalue weighted by Gasteiger charge is -2.34. The first-order valence-electron chi connectivity index (χ1n) is 13.2. The Morgan fingerprint density at radius 3 is 2.53 bits per heavy atom. The molecule has 7 nitrogen and oxygen atoms in total. The number of para-hydroxylation sites is 1. The van der Waals surface area contributed by atoms with Crippen LogP contribution in [0.15, 0.2) is 47.4 Å². The number of alkyl halides is 2. The van der Waals surface area contributed by atoms with Crippen molar-refractivity contribution in [3.63, 3.8) is 0 Å². The average molecular weight is 531 g/mol. The van der Waals surface area contributed by atoms with E-state index in [0.29, 0.717) is 42.2 Å². The molecular formula is C29H40F2N4O3. The third kappa shape index (κ3) is 7.01. The fraction of sp³-hybridized carbons (Fsp3) is 0.517. The number of nitrogens with one attached hydrogen (secondary N) is 2. The highest BCUT2D eigenvalue weighted by Crippen LogP contribution is 2.30. The number of carbonyl (C=O) groups excluding carboxylic acids is 2. The second-order valence-electron chi connectivity index (χ2n) is 9.99. The summed E-state index contributed by atoms with van der Waals surface area (Å²) in [5, 5.41) is 6.72. The highest BCUT2D eigenvalue weighted by atomic mass is 19.3. The highest BCUT2D eigenvalue weighted by Gasteiger charge is 2.32. The van der Waals surface area contributed by atoms with E-state index in [9.17, 15) is 18.4 Å². The summed E-state index contributed by atoms with van der Waals surface area (Å²) < 4.78 is 35.2. The Bertz CT molecular complexity index is 1190. The van der Waals surface area contributed by atoms with Gasteiger partial charge in [0.15, 0.2) is 6.29 Å². The molecule has 2 aromatic rings. The molecule has 208 valence electrons. The van der Waals surface area contributed by atoms with Crippen molar-refractivity contribution in [3.8, 4) is 0 Å². The predicted molar refractivity (Wildman–Crippen MR) is 146 cm³/mol. The fourth-order valence-corrected chi connectivity index (χ4v) is 4.98. The number of carbonyl (C=O) groups is 2. The number of hydrogen-bond acceptors (Lipinski definition) is 5. The maximum atomic E-state index is 13.8. The van der Waals surface area contributed by atoms with E-state index in [4.69, 9.17) is 4.74 Å². The number of benzene rings is 1. The molecule has 1 aliphatic heterocycles. The summed E-state index contributed by atoms with van der Waals surface area (Å²) in [6.07, 6.45) is 3.93. The average Bonchev–Trinajstić information content (AvgIpc) is 3.19. The van der Waals surface area contributed by atoms with Gasteiger partial charge in [-0.2, -0.15) is 0 Å². The zero-order chi connectivity index (χ0) is 27.9. The largest absolute Gasteiger partial charge is 0.496 e. The van der Waals surface area contributed by atoms with Gasteiger partial charge in [-0.15, -0.1) is 0 Å². The van der Waals surface area contributed by atoms with E-state index in [-0.39, 0.29) is 25.4 Å². The number of rotatable bonds is 12. The van der Waals surface area contributed by atoms with Crippen molar-refractivity contribution in [2.75, 3.05) is 40.3 Å². The quantitative estimate of drug-likeness (QED) is 0.181. The summed E-state index contributed by atoms with van der Waals surface area (Å²) >= 11 is 0. The van der Waals surface area contributed by atoms with E-state index in [0.717, 1.165) is 41.7 Å². The Hall–Kier alpha value is -3.20. The summed E-state index contributed by atoms with van der Waals surface area (Å²) in [4.78, 5) is 27.0. The minimum atomic E-state index is -2.65. The van der Waals surface area contributed by atoms with Crippen molar-refractivity contribution in [1.82, 2.24) is 20.1 Å². The minimum Gasteiger partial charge on any atom is -0.496 e. The fourth-order valence-electron chi connectivity index (χ4n) is 4.98. The number of nitrogens with zero attached hydrogens (tertiary/aromatic N) is 2. The molecule has 3 rings (SSSR count). The number of fused-ring (bicyclic) bond motifs is 1. The van der Waals surface area contributed by atoms with E-state index in [1.165, 1.54) is 14.0 Å². The molecule has 1 aliphatic rings. The summed E-state index contributed by atoms with van der Waals surface area (Å²) in [6.45, 7) is 7.17. The maximum Gasteiger partial charge on any atom is 0.260 e. The van der Waals surface area contributed by atoms with Crippen LogP contribution in [-0.2, 0) is 16.1 Å². The van der Waals surface area contributed by atoms with Crippen LogP contribution in [0.3, 0.4) is 0 Å². The minimum absolute atomic E-state index is 0.0266. The second-order valence-corrected chi connectivity index (χ2v) is 9.99. The van der Waals surface area contributed by atoms with Gasteiger partial charge >= 0.3 is 0 Å². The van der Waals surface area contributed by atoms with Gasteiger partial charge in [0.2, 0.25) is 0 Å². The van der Waals surface area contributed by atoms with Crippen LogP contribution < -0.4 is 10.6 Å². The van der Waals surface area contributed by atoms with Gasteiger partial charge in [0, 0.05) is 42.3 Å². The van der Waals surface area contributed by atoms with Gasteiger partial charge in [-0.3, -0.25) is 14.5 Å². The molecule has 0 radical (unpaired) electrons. The van der Waals surface area contributed by atoms with Crippen molar-refractivity contribution >= 4 is 23.1 Å². The Morgan fingerprint density at radius 2 is 1.92 bits per heavy atom. The number of halogens is 2. The van der Waals surface area contributed by atoms with E-state index >= 15 is 0 Å². The standard InChI is InChI=1S/C29H40F2N4O3/c1-6-29(30,31)19-34-13-11-22(12-14-34)17-35-21(3)27(24-9-7-8-10-25(24)35)28(37)33-16-23(18-36)26(38-5)15-20(2)32-4/h7-10,15,18,22,32H,6,11-14,16-17,19H2,1-5H3,(H,33,37)/b20-15-,26-23+. The van der Waals surface area contributed by atoms with E-state index in [1.54, 1.807) is 13.1 Å². The first kappa shape index (κ1) is 29.4. The first-order chi connectivity index (χ1) is 18.1. The summed E-state index contributed by atoms with van der Waals surface area (Å²) in [5.41, 5.74) is 3.53. The van der Waals surface area contributed by atoms with Crippen LogP contribution in [0.2, 0.25) is 0 Å². The lowest BCUT2D eigenvalue weighted by molar-refractivity contribution is -0.105. The number of methoxy groups -OCH3 is 1. The molecular weight excluding hydrogens is 490 g/mol. The van der Waals surface area contributed by atoms with Gasteiger partial charge in [-0.25, -0.2) is 8.78 Å². The van der Waals surface area contributed by atoms with Gasteiger partial charge in [0.25, 0.3) is 11.8 Å². The molecule has 2 heterocycles. The van der Waals surface area contributed by atoms with Crippen molar-refractivity contribution < 1.29 is 23.1 Å². The third-order valence-corrected chi connectivity index (χ3v) is 7.44. The monoisotopic (exact) mass is 530 g/mol. The first-order valence-corrected chi connectivity index (χ1v) is 13.2. The predicted octanol–water partition coefficient (Wildman–Crippen LogP) is 4.66. The summed E-state index contributed by atoms with van der Waals surface area (Å²) in [5.74, 6) is -2.19. The van der Waals surface area contributed by atoms with Crippen LogP contribution in [-0.4, -0.2) is 67.9 Å². The number of hydrogen-bond donors (Lipinski definition) is 2. The van der Waals surface area contributed by atoms with Gasteiger partial charge in [-0.1, -0.05) is 25.1 Å². The second kappa shape index (κ2) is 13.0. The molecule has 1 saturated heterocycles. The molecule has 2 N–H and O–H groups in total. The SMILES string of the molecule is CCC(F)(F)CN1CCC(Cn2c(C)c(C(=O)NC/C(C=O)=C(/C=C(/C)NC)OC)c3ccccc32)CC1. The topological polar surface area (TPSA) is 75.6 Å². The van der Waals surface area contributed by atoms with Gasteiger partial charge < -0.3 is 19.9 Å². The normalized spacial score (nSPS) is 16.3. The smallest absolute Gasteiger partial charge is 0.260 e. The summed E-state index contributed by atoms with van der Waals surface area (Å²) in [6, 6.07) is 7.78. The van der Waals surface area contributed by atoms with Crippen LogP contribution in [0.5, 0.6) is 0 Å². The number of amides is 1. The van der Waals surface area contributed by atoms with Crippen molar-refractivity contribution in [3.05, 3.63) is 58.6 Å². The molecule has 0 bridgehead atoms. The van der Waals surface area contributed by atoms with Crippen LogP contribution in [0, 0.1) is 12.8 Å². The lowest BCUT2D eigenvalue weighted by Crippen LogP contribution is -2.42. The maximum absolute atomic E-state index is 13.8. The number of ether oxygens (including phenoxy) is 1. The molecule has 1 fully saturated rings. The molecule has 0 atom stereocenters. The number of aromatic nitrogens is 1. The third-order valence-electron chi connectivity index (χ3n) is 7.44. The Labute approximate surface area is 223 Å². The van der Waals surface area contributed by atoms with Crippen molar-refractivity contribution in [1.29, 1.82) is 0 Å². The van der Waals surface area contributed by atoms with E-state index in [2.05, 4.69) is 15.2 Å². The van der Waals surface area contributed by atoms with Crippen LogP contribution in [0.1, 0.15) is 49.2 Å². The van der Waals surface area contributed by atoms with Gasteiger partial charge in [0.1, 0.15) is 5.76 Å². The summed E-state index contributed by atoms with van der Waals surface area (Å²) in [7, 11) is 3.26. The molecule has 0 unspecified atom stereocenters. The molecule has 9 heteroatoms. The van der Waals surface area contributed by atoms with Crippen LogP contribution in [0.4, 0.5) is 8.78 Å². The Balaban J connectivity index is 1.78.